The van der Waals surface area contributed by atoms with E-state index >= 15 is 0 Å². The molecule has 0 bridgehead atoms. The van der Waals surface area contributed by atoms with Crippen molar-refractivity contribution in [1.29, 1.82) is 0 Å². The van der Waals surface area contributed by atoms with Crippen LogP contribution in [-0.4, -0.2) is 25.3 Å². The summed E-state index contributed by atoms with van der Waals surface area (Å²) >= 11 is 0. The van der Waals surface area contributed by atoms with Crippen LogP contribution in [0.2, 0.25) is 0 Å². The van der Waals surface area contributed by atoms with Gasteiger partial charge in [0.05, 0.1) is 6.10 Å². The van der Waals surface area contributed by atoms with Crippen molar-refractivity contribution in [1.82, 2.24) is 5.32 Å². The van der Waals surface area contributed by atoms with Crippen molar-refractivity contribution in [2.75, 3.05) is 13.2 Å². The topological polar surface area (TPSA) is 21.3 Å². The molecule has 1 aliphatic heterocycles. The van der Waals surface area contributed by atoms with Gasteiger partial charge in [-0.2, -0.15) is 0 Å². The molecule has 2 heteroatoms. The van der Waals surface area contributed by atoms with Crippen LogP contribution >= 0.6 is 0 Å². The van der Waals surface area contributed by atoms with Crippen molar-refractivity contribution >= 4 is 0 Å². The third-order valence-corrected chi connectivity index (χ3v) is 3.92. The Morgan fingerprint density at radius 3 is 2.73 bits per heavy atom. The van der Waals surface area contributed by atoms with Crippen LogP contribution in [0.5, 0.6) is 0 Å². The van der Waals surface area contributed by atoms with Crippen LogP contribution in [0.4, 0.5) is 0 Å². The maximum absolute atomic E-state index is 5.93. The molecule has 1 heterocycles. The molecular formula is C13H25NO. The van der Waals surface area contributed by atoms with Crippen LogP contribution in [0.3, 0.4) is 0 Å². The number of hydrogen-bond acceptors (Lipinski definition) is 2. The number of ether oxygens (including phenoxy) is 1. The fraction of sp³-hybridized carbons (Fsp3) is 1.00. The van der Waals surface area contributed by atoms with E-state index in [1.807, 2.05) is 0 Å². The fourth-order valence-electron chi connectivity index (χ4n) is 3.02. The summed E-state index contributed by atoms with van der Waals surface area (Å²) in [6, 6.07) is 0.726. The van der Waals surface area contributed by atoms with Crippen molar-refractivity contribution < 1.29 is 4.74 Å². The lowest BCUT2D eigenvalue weighted by atomic mass is 9.92. The van der Waals surface area contributed by atoms with E-state index in [0.29, 0.717) is 6.10 Å². The molecule has 15 heavy (non-hydrogen) atoms. The standard InChI is InChI=1S/C13H25NO/c1-2-8-14-12-7-9-15-13(10-12)11-5-3-4-6-11/h11-14H,2-10H2,1H3. The summed E-state index contributed by atoms with van der Waals surface area (Å²) in [5.41, 5.74) is 0. The molecule has 0 amide bonds. The second-order valence-electron chi connectivity index (χ2n) is 5.13. The van der Waals surface area contributed by atoms with E-state index < -0.39 is 0 Å². The molecule has 2 rings (SSSR count). The third kappa shape index (κ3) is 3.18. The Morgan fingerprint density at radius 2 is 2.00 bits per heavy atom. The summed E-state index contributed by atoms with van der Waals surface area (Å²) in [6.07, 6.45) is 9.95. The highest BCUT2D eigenvalue weighted by molar-refractivity contribution is 4.83. The van der Waals surface area contributed by atoms with Crippen molar-refractivity contribution in [2.24, 2.45) is 5.92 Å². The molecule has 2 atom stereocenters. The highest BCUT2D eigenvalue weighted by atomic mass is 16.5. The quantitative estimate of drug-likeness (QED) is 0.772. The second kappa shape index (κ2) is 5.86. The Morgan fingerprint density at radius 1 is 1.20 bits per heavy atom. The minimum Gasteiger partial charge on any atom is -0.378 e. The zero-order valence-corrected chi connectivity index (χ0v) is 10.0. The third-order valence-electron chi connectivity index (χ3n) is 3.92. The van der Waals surface area contributed by atoms with E-state index in [0.717, 1.165) is 18.6 Å². The van der Waals surface area contributed by atoms with Crippen LogP contribution < -0.4 is 5.32 Å². The largest absolute Gasteiger partial charge is 0.378 e. The Hall–Kier alpha value is -0.0800. The van der Waals surface area contributed by atoms with E-state index in [2.05, 4.69) is 12.2 Å². The summed E-state index contributed by atoms with van der Waals surface area (Å²) in [5, 5.41) is 3.64. The Balaban J connectivity index is 1.75. The van der Waals surface area contributed by atoms with Gasteiger partial charge in [-0.3, -0.25) is 0 Å². The average Bonchev–Trinajstić information content (AvgIpc) is 2.80. The maximum Gasteiger partial charge on any atom is 0.0618 e. The normalized spacial score (nSPS) is 33.4. The predicted octanol–water partition coefficient (Wildman–Crippen LogP) is 2.72. The summed E-state index contributed by atoms with van der Waals surface area (Å²) < 4.78 is 5.93. The summed E-state index contributed by atoms with van der Waals surface area (Å²) in [6.45, 7) is 4.38. The molecule has 1 N–H and O–H groups in total. The second-order valence-corrected chi connectivity index (χ2v) is 5.13. The van der Waals surface area contributed by atoms with Crippen molar-refractivity contribution in [2.45, 2.75) is 64.0 Å². The first-order valence-electron chi connectivity index (χ1n) is 6.75. The van der Waals surface area contributed by atoms with E-state index in [-0.39, 0.29) is 0 Å². The molecule has 1 aliphatic carbocycles. The van der Waals surface area contributed by atoms with E-state index in [1.165, 1.54) is 51.5 Å². The molecule has 0 aromatic heterocycles. The van der Waals surface area contributed by atoms with Crippen molar-refractivity contribution in [3.05, 3.63) is 0 Å². The molecule has 2 unspecified atom stereocenters. The molecule has 0 radical (unpaired) electrons. The van der Waals surface area contributed by atoms with Crippen molar-refractivity contribution in [3.8, 4) is 0 Å². The van der Waals surface area contributed by atoms with Gasteiger partial charge in [-0.05, 0) is 44.6 Å². The molecule has 2 aliphatic rings. The zero-order valence-electron chi connectivity index (χ0n) is 10.0. The van der Waals surface area contributed by atoms with Gasteiger partial charge in [0.2, 0.25) is 0 Å². The minimum atomic E-state index is 0.565. The molecule has 0 aromatic rings. The van der Waals surface area contributed by atoms with E-state index in [4.69, 9.17) is 4.74 Å². The van der Waals surface area contributed by atoms with Gasteiger partial charge in [-0.15, -0.1) is 0 Å². The first kappa shape index (κ1) is 11.4. The summed E-state index contributed by atoms with van der Waals surface area (Å²) in [4.78, 5) is 0. The van der Waals surface area contributed by atoms with Crippen LogP contribution in [0.1, 0.15) is 51.9 Å². The van der Waals surface area contributed by atoms with Gasteiger partial charge in [0.1, 0.15) is 0 Å². The molecule has 0 aromatic carbocycles. The van der Waals surface area contributed by atoms with Gasteiger partial charge in [0.15, 0.2) is 0 Å². The van der Waals surface area contributed by atoms with Crippen LogP contribution in [-0.2, 0) is 4.74 Å². The maximum atomic E-state index is 5.93. The monoisotopic (exact) mass is 211 g/mol. The average molecular weight is 211 g/mol. The Kier molecular flexibility index (Phi) is 4.45. The molecule has 2 nitrogen and oxygen atoms in total. The molecule has 1 saturated carbocycles. The van der Waals surface area contributed by atoms with Gasteiger partial charge in [0, 0.05) is 12.6 Å². The van der Waals surface area contributed by atoms with Gasteiger partial charge >= 0.3 is 0 Å². The van der Waals surface area contributed by atoms with Crippen LogP contribution in [0.15, 0.2) is 0 Å². The lowest BCUT2D eigenvalue weighted by molar-refractivity contribution is -0.0312. The van der Waals surface area contributed by atoms with E-state index in [9.17, 15) is 0 Å². The number of nitrogens with one attached hydrogen (secondary N) is 1. The van der Waals surface area contributed by atoms with Crippen molar-refractivity contribution in [3.63, 3.8) is 0 Å². The first-order chi connectivity index (χ1) is 7.40. The van der Waals surface area contributed by atoms with Gasteiger partial charge in [-0.1, -0.05) is 19.8 Å². The number of hydrogen-bond donors (Lipinski definition) is 1. The highest BCUT2D eigenvalue weighted by Crippen LogP contribution is 2.33. The summed E-state index contributed by atoms with van der Waals surface area (Å²) in [5.74, 6) is 0.872. The number of rotatable bonds is 4. The smallest absolute Gasteiger partial charge is 0.0618 e. The molecule has 0 spiro atoms. The lowest BCUT2D eigenvalue weighted by Crippen LogP contribution is -2.41. The Labute approximate surface area is 93.8 Å². The fourth-order valence-corrected chi connectivity index (χ4v) is 3.02. The first-order valence-corrected chi connectivity index (χ1v) is 6.75. The minimum absolute atomic E-state index is 0.565. The van der Waals surface area contributed by atoms with Crippen LogP contribution in [0, 0.1) is 5.92 Å². The van der Waals surface area contributed by atoms with E-state index in [1.54, 1.807) is 0 Å². The molecule has 2 fully saturated rings. The summed E-state index contributed by atoms with van der Waals surface area (Å²) in [7, 11) is 0. The zero-order chi connectivity index (χ0) is 10.5. The lowest BCUT2D eigenvalue weighted by Gasteiger charge is -2.33. The van der Waals surface area contributed by atoms with Gasteiger partial charge in [-0.25, -0.2) is 0 Å². The van der Waals surface area contributed by atoms with Gasteiger partial charge in [0.25, 0.3) is 0 Å². The SMILES string of the molecule is CCCNC1CCOC(C2CCCC2)C1. The van der Waals surface area contributed by atoms with Crippen LogP contribution in [0.25, 0.3) is 0 Å². The molecule has 88 valence electrons. The Bertz CT molecular complexity index is 177. The molecule has 1 saturated heterocycles. The predicted molar refractivity (Wildman–Crippen MR) is 63.0 cm³/mol. The van der Waals surface area contributed by atoms with Gasteiger partial charge < -0.3 is 10.1 Å². The molecular weight excluding hydrogens is 186 g/mol. The highest BCUT2D eigenvalue weighted by Gasteiger charge is 2.30.